The Bertz CT molecular complexity index is 290. The quantitative estimate of drug-likeness (QED) is 0.736. The van der Waals surface area contributed by atoms with Gasteiger partial charge in [0.25, 0.3) is 0 Å². The van der Waals surface area contributed by atoms with Crippen LogP contribution in [0.25, 0.3) is 0 Å². The second-order valence-corrected chi connectivity index (χ2v) is 6.76. The van der Waals surface area contributed by atoms with Gasteiger partial charge < -0.3 is 10.5 Å². The van der Waals surface area contributed by atoms with Crippen molar-refractivity contribution in [2.75, 3.05) is 19.1 Å². The van der Waals surface area contributed by atoms with Gasteiger partial charge in [0, 0.05) is 25.2 Å². The fourth-order valence-electron chi connectivity index (χ4n) is 2.08. The van der Waals surface area contributed by atoms with E-state index in [0.717, 1.165) is 25.7 Å². The lowest BCUT2D eigenvalue weighted by atomic mass is 9.73. The van der Waals surface area contributed by atoms with E-state index in [-0.39, 0.29) is 17.4 Å². The van der Waals surface area contributed by atoms with E-state index >= 15 is 0 Å². The minimum absolute atomic E-state index is 0.0296. The van der Waals surface area contributed by atoms with Crippen LogP contribution in [0.4, 0.5) is 0 Å². The fraction of sp³-hybridized carbons (Fsp3) is 1.00. The molecule has 0 heterocycles. The van der Waals surface area contributed by atoms with E-state index in [1.165, 1.54) is 6.26 Å². The first-order valence-electron chi connectivity index (χ1n) is 5.38. The van der Waals surface area contributed by atoms with Crippen molar-refractivity contribution in [3.63, 3.8) is 0 Å². The van der Waals surface area contributed by atoms with E-state index < -0.39 is 9.84 Å². The molecule has 1 unspecified atom stereocenters. The van der Waals surface area contributed by atoms with Crippen molar-refractivity contribution in [1.82, 2.24) is 0 Å². The molecule has 0 amide bonds. The lowest BCUT2D eigenvalue weighted by molar-refractivity contribution is -0.0914. The minimum Gasteiger partial charge on any atom is -0.377 e. The van der Waals surface area contributed by atoms with Crippen LogP contribution in [-0.2, 0) is 14.6 Å². The predicted molar refractivity (Wildman–Crippen MR) is 60.5 cm³/mol. The second-order valence-electron chi connectivity index (χ2n) is 4.50. The van der Waals surface area contributed by atoms with Gasteiger partial charge >= 0.3 is 0 Å². The maximum absolute atomic E-state index is 10.9. The molecule has 4 nitrogen and oxygen atoms in total. The third-order valence-electron chi connectivity index (χ3n) is 3.31. The van der Waals surface area contributed by atoms with Crippen molar-refractivity contribution in [1.29, 1.82) is 0 Å². The number of nitrogens with two attached hydrogens (primary N) is 1. The Kier molecular flexibility index (Phi) is 4.14. The molecule has 1 fully saturated rings. The van der Waals surface area contributed by atoms with Crippen LogP contribution in [0.15, 0.2) is 0 Å². The zero-order valence-electron chi connectivity index (χ0n) is 9.53. The SMILES string of the molecule is COC1(C(N)CCCS(C)(=O)=O)CCC1. The molecule has 0 aromatic carbocycles. The van der Waals surface area contributed by atoms with Gasteiger partial charge in [-0.3, -0.25) is 0 Å². The third kappa shape index (κ3) is 3.43. The number of rotatable bonds is 6. The maximum Gasteiger partial charge on any atom is 0.147 e. The number of sulfone groups is 1. The molecule has 0 saturated heterocycles. The highest BCUT2D eigenvalue weighted by Gasteiger charge is 2.42. The fourth-order valence-corrected chi connectivity index (χ4v) is 2.77. The molecule has 0 aliphatic heterocycles. The van der Waals surface area contributed by atoms with E-state index in [1.807, 2.05) is 0 Å². The molecule has 5 heteroatoms. The monoisotopic (exact) mass is 235 g/mol. The average Bonchev–Trinajstić information content (AvgIpc) is 2.00. The van der Waals surface area contributed by atoms with Crippen LogP contribution in [0.3, 0.4) is 0 Å². The molecule has 0 radical (unpaired) electrons. The van der Waals surface area contributed by atoms with Gasteiger partial charge in [-0.15, -0.1) is 0 Å². The molecule has 0 bridgehead atoms. The normalized spacial score (nSPS) is 22.1. The summed E-state index contributed by atoms with van der Waals surface area (Å²) in [5, 5.41) is 0. The van der Waals surface area contributed by atoms with Crippen LogP contribution in [0.2, 0.25) is 0 Å². The standard InChI is InChI=1S/C10H21NO3S/c1-14-10(6-4-7-10)9(11)5-3-8-15(2,12)13/h9H,3-8,11H2,1-2H3. The average molecular weight is 235 g/mol. The molecular weight excluding hydrogens is 214 g/mol. The summed E-state index contributed by atoms with van der Waals surface area (Å²) >= 11 is 0. The lowest BCUT2D eigenvalue weighted by Gasteiger charge is -2.45. The molecule has 90 valence electrons. The zero-order valence-corrected chi connectivity index (χ0v) is 10.3. The maximum atomic E-state index is 10.9. The van der Waals surface area contributed by atoms with Gasteiger partial charge in [0.15, 0.2) is 0 Å². The van der Waals surface area contributed by atoms with Crippen LogP contribution in [0, 0.1) is 0 Å². The number of hydrogen-bond acceptors (Lipinski definition) is 4. The van der Waals surface area contributed by atoms with Crippen molar-refractivity contribution < 1.29 is 13.2 Å². The molecule has 1 rings (SSSR count). The predicted octanol–water partition coefficient (Wildman–Crippen LogP) is 0.708. The molecular formula is C10H21NO3S. The van der Waals surface area contributed by atoms with Gasteiger partial charge in [-0.25, -0.2) is 8.42 Å². The van der Waals surface area contributed by atoms with Crippen LogP contribution in [0.1, 0.15) is 32.1 Å². The van der Waals surface area contributed by atoms with Gasteiger partial charge in [0.1, 0.15) is 9.84 Å². The van der Waals surface area contributed by atoms with Gasteiger partial charge in [-0.1, -0.05) is 0 Å². The Hall–Kier alpha value is -0.130. The highest BCUT2D eigenvalue weighted by molar-refractivity contribution is 7.90. The number of ether oxygens (including phenoxy) is 1. The van der Waals surface area contributed by atoms with E-state index in [1.54, 1.807) is 7.11 Å². The Morgan fingerprint density at radius 2 is 2.07 bits per heavy atom. The molecule has 0 spiro atoms. The smallest absolute Gasteiger partial charge is 0.147 e. The Balaban J connectivity index is 2.32. The Morgan fingerprint density at radius 1 is 1.47 bits per heavy atom. The first-order valence-corrected chi connectivity index (χ1v) is 7.44. The summed E-state index contributed by atoms with van der Waals surface area (Å²) in [6.07, 6.45) is 5.78. The van der Waals surface area contributed by atoms with Crippen molar-refractivity contribution in [3.05, 3.63) is 0 Å². The summed E-state index contributed by atoms with van der Waals surface area (Å²) in [6.45, 7) is 0. The zero-order chi connectivity index (χ0) is 11.5. The molecule has 1 aliphatic carbocycles. The summed E-state index contributed by atoms with van der Waals surface area (Å²) in [6, 6.07) is -0.0296. The van der Waals surface area contributed by atoms with Crippen molar-refractivity contribution >= 4 is 9.84 Å². The highest BCUT2D eigenvalue weighted by atomic mass is 32.2. The van der Waals surface area contributed by atoms with E-state index in [0.29, 0.717) is 6.42 Å². The van der Waals surface area contributed by atoms with E-state index in [2.05, 4.69) is 0 Å². The van der Waals surface area contributed by atoms with Crippen molar-refractivity contribution in [2.45, 2.75) is 43.7 Å². The van der Waals surface area contributed by atoms with Crippen molar-refractivity contribution in [2.24, 2.45) is 5.73 Å². The molecule has 0 aromatic rings. The molecule has 15 heavy (non-hydrogen) atoms. The molecule has 1 saturated carbocycles. The second kappa shape index (κ2) is 4.80. The van der Waals surface area contributed by atoms with Gasteiger partial charge in [-0.05, 0) is 32.1 Å². The van der Waals surface area contributed by atoms with E-state index in [9.17, 15) is 8.42 Å². The summed E-state index contributed by atoms with van der Waals surface area (Å²) in [5.74, 6) is 0.223. The summed E-state index contributed by atoms with van der Waals surface area (Å²) in [7, 11) is -1.17. The van der Waals surface area contributed by atoms with Gasteiger partial charge in [0.05, 0.1) is 5.60 Å². The summed E-state index contributed by atoms with van der Waals surface area (Å²) in [4.78, 5) is 0. The summed E-state index contributed by atoms with van der Waals surface area (Å²) in [5.41, 5.74) is 5.86. The topological polar surface area (TPSA) is 69.4 Å². The molecule has 1 atom stereocenters. The van der Waals surface area contributed by atoms with Crippen molar-refractivity contribution in [3.8, 4) is 0 Å². The Morgan fingerprint density at radius 3 is 2.40 bits per heavy atom. The third-order valence-corrected chi connectivity index (χ3v) is 4.34. The first-order chi connectivity index (χ1) is 6.90. The van der Waals surface area contributed by atoms with Crippen LogP contribution in [-0.4, -0.2) is 39.2 Å². The van der Waals surface area contributed by atoms with Crippen LogP contribution in [0.5, 0.6) is 0 Å². The van der Waals surface area contributed by atoms with Crippen LogP contribution >= 0.6 is 0 Å². The molecule has 2 N–H and O–H groups in total. The number of hydrogen-bond donors (Lipinski definition) is 1. The summed E-state index contributed by atoms with van der Waals surface area (Å²) < 4.78 is 27.3. The first kappa shape index (κ1) is 12.9. The molecule has 1 aliphatic rings. The van der Waals surface area contributed by atoms with Crippen LogP contribution < -0.4 is 5.73 Å². The lowest BCUT2D eigenvalue weighted by Crippen LogP contribution is -2.54. The van der Waals surface area contributed by atoms with Gasteiger partial charge in [0.2, 0.25) is 0 Å². The minimum atomic E-state index is -2.86. The number of methoxy groups -OCH3 is 1. The van der Waals surface area contributed by atoms with Gasteiger partial charge in [-0.2, -0.15) is 0 Å². The van der Waals surface area contributed by atoms with E-state index in [4.69, 9.17) is 10.5 Å². The highest BCUT2D eigenvalue weighted by Crippen LogP contribution is 2.38. The Labute approximate surface area is 92.1 Å². The largest absolute Gasteiger partial charge is 0.377 e. The molecule has 0 aromatic heterocycles.